The zero-order valence-corrected chi connectivity index (χ0v) is 7.96. The summed E-state index contributed by atoms with van der Waals surface area (Å²) in [5.41, 5.74) is 0. The number of ether oxygens (including phenoxy) is 1. The Kier molecular flexibility index (Phi) is 2.66. The number of nitrogens with zero attached hydrogens (tertiary/aromatic N) is 1. The van der Waals surface area contributed by atoms with Gasteiger partial charge in [0.2, 0.25) is 0 Å². The molecule has 0 N–H and O–H groups in total. The number of rotatable bonds is 3. The van der Waals surface area contributed by atoms with Crippen LogP contribution in [0.15, 0.2) is 0 Å². The van der Waals surface area contributed by atoms with Crippen LogP contribution in [0.2, 0.25) is 0 Å². The average molecular weight is 169 g/mol. The molecule has 0 spiro atoms. The molecule has 0 aromatic rings. The first-order chi connectivity index (χ1) is 5.86. The fourth-order valence-electron chi connectivity index (χ4n) is 1.97. The van der Waals surface area contributed by atoms with Crippen molar-refractivity contribution in [2.24, 2.45) is 11.8 Å². The van der Waals surface area contributed by atoms with Crippen molar-refractivity contribution in [3.05, 3.63) is 0 Å². The van der Waals surface area contributed by atoms with Crippen LogP contribution in [-0.2, 0) is 4.74 Å². The second-order valence-corrected chi connectivity index (χ2v) is 4.22. The summed E-state index contributed by atoms with van der Waals surface area (Å²) in [6.45, 7) is 7.87. The van der Waals surface area contributed by atoms with Crippen LogP contribution in [0.5, 0.6) is 0 Å². The normalized spacial score (nSPS) is 36.8. The van der Waals surface area contributed by atoms with Crippen LogP contribution in [0.25, 0.3) is 0 Å². The lowest BCUT2D eigenvalue weighted by molar-refractivity contribution is 0.0366. The molecule has 1 heterocycles. The van der Waals surface area contributed by atoms with Gasteiger partial charge in [-0.25, -0.2) is 0 Å². The molecule has 70 valence electrons. The predicted molar refractivity (Wildman–Crippen MR) is 49.1 cm³/mol. The molecule has 12 heavy (non-hydrogen) atoms. The lowest BCUT2D eigenvalue weighted by atomic mass is 10.2. The van der Waals surface area contributed by atoms with E-state index in [2.05, 4.69) is 11.8 Å². The second-order valence-electron chi connectivity index (χ2n) is 4.22. The highest BCUT2D eigenvalue weighted by molar-refractivity contribution is 4.83. The second kappa shape index (κ2) is 3.75. The van der Waals surface area contributed by atoms with Crippen LogP contribution in [0.4, 0.5) is 0 Å². The quantitative estimate of drug-likeness (QED) is 0.632. The van der Waals surface area contributed by atoms with Gasteiger partial charge in [0.05, 0.1) is 13.2 Å². The molecule has 0 radical (unpaired) electrons. The van der Waals surface area contributed by atoms with Crippen molar-refractivity contribution in [3.8, 4) is 0 Å². The highest BCUT2D eigenvalue weighted by Crippen LogP contribution is 2.40. The molecule has 2 atom stereocenters. The average Bonchev–Trinajstić information content (AvgIpc) is 2.81. The van der Waals surface area contributed by atoms with Crippen molar-refractivity contribution in [2.75, 3.05) is 32.8 Å². The molecule has 0 bridgehead atoms. The van der Waals surface area contributed by atoms with Crippen LogP contribution in [0.1, 0.15) is 19.8 Å². The summed E-state index contributed by atoms with van der Waals surface area (Å²) in [6.07, 6.45) is 2.89. The van der Waals surface area contributed by atoms with E-state index in [1.807, 2.05) is 0 Å². The first kappa shape index (κ1) is 8.52. The maximum absolute atomic E-state index is 5.30. The molecular formula is C10H19NO. The number of hydrogen-bond donors (Lipinski definition) is 0. The third-order valence-corrected chi connectivity index (χ3v) is 3.20. The van der Waals surface area contributed by atoms with Crippen molar-refractivity contribution in [3.63, 3.8) is 0 Å². The Bertz CT molecular complexity index is 143. The van der Waals surface area contributed by atoms with Gasteiger partial charge in [0.25, 0.3) is 0 Å². The number of morpholine rings is 1. The molecule has 1 saturated heterocycles. The maximum atomic E-state index is 5.30. The van der Waals surface area contributed by atoms with Crippen molar-refractivity contribution in [2.45, 2.75) is 19.8 Å². The van der Waals surface area contributed by atoms with Gasteiger partial charge in [-0.3, -0.25) is 4.90 Å². The zero-order chi connectivity index (χ0) is 8.39. The summed E-state index contributed by atoms with van der Waals surface area (Å²) >= 11 is 0. The van der Waals surface area contributed by atoms with Crippen molar-refractivity contribution in [1.29, 1.82) is 0 Å². The van der Waals surface area contributed by atoms with Gasteiger partial charge >= 0.3 is 0 Å². The molecule has 0 aromatic carbocycles. The minimum Gasteiger partial charge on any atom is -0.379 e. The van der Waals surface area contributed by atoms with Crippen LogP contribution in [0, 0.1) is 11.8 Å². The fourth-order valence-corrected chi connectivity index (χ4v) is 1.97. The van der Waals surface area contributed by atoms with Crippen molar-refractivity contribution >= 4 is 0 Å². The van der Waals surface area contributed by atoms with E-state index >= 15 is 0 Å². The molecule has 1 aliphatic heterocycles. The highest BCUT2D eigenvalue weighted by atomic mass is 16.5. The summed E-state index contributed by atoms with van der Waals surface area (Å²) < 4.78 is 5.30. The molecule has 2 rings (SSSR count). The topological polar surface area (TPSA) is 12.5 Å². The smallest absolute Gasteiger partial charge is 0.0594 e. The van der Waals surface area contributed by atoms with Gasteiger partial charge in [-0.15, -0.1) is 0 Å². The summed E-state index contributed by atoms with van der Waals surface area (Å²) in [4.78, 5) is 2.54. The lowest BCUT2D eigenvalue weighted by Gasteiger charge is -2.26. The van der Waals surface area contributed by atoms with E-state index in [9.17, 15) is 0 Å². The molecule has 0 amide bonds. The minimum atomic E-state index is 0.945. The monoisotopic (exact) mass is 169 g/mol. The SMILES string of the molecule is C[C@@H]1C[C@H]1CCN1CCOCC1. The Morgan fingerprint density at radius 1 is 1.33 bits per heavy atom. The van der Waals surface area contributed by atoms with E-state index < -0.39 is 0 Å². The summed E-state index contributed by atoms with van der Waals surface area (Å²) in [7, 11) is 0. The van der Waals surface area contributed by atoms with Crippen LogP contribution in [-0.4, -0.2) is 37.7 Å². The molecule has 2 aliphatic rings. The minimum absolute atomic E-state index is 0.945. The first-order valence-electron chi connectivity index (χ1n) is 5.16. The number of hydrogen-bond acceptors (Lipinski definition) is 2. The zero-order valence-electron chi connectivity index (χ0n) is 7.96. The molecule has 2 nitrogen and oxygen atoms in total. The van der Waals surface area contributed by atoms with Gasteiger partial charge in [-0.05, 0) is 31.2 Å². The summed E-state index contributed by atoms with van der Waals surface area (Å²) in [5.74, 6) is 2.07. The summed E-state index contributed by atoms with van der Waals surface area (Å²) in [5, 5.41) is 0. The van der Waals surface area contributed by atoms with E-state index in [0.717, 1.165) is 38.1 Å². The summed E-state index contributed by atoms with van der Waals surface area (Å²) in [6, 6.07) is 0. The largest absolute Gasteiger partial charge is 0.379 e. The lowest BCUT2D eigenvalue weighted by Crippen LogP contribution is -2.37. The van der Waals surface area contributed by atoms with Crippen molar-refractivity contribution < 1.29 is 4.74 Å². The molecule has 2 heteroatoms. The molecule has 1 aliphatic carbocycles. The molecule has 1 saturated carbocycles. The standard InChI is InChI=1S/C10H19NO/c1-9-8-10(9)2-3-11-4-6-12-7-5-11/h9-10H,2-8H2,1H3/t9-,10-/m1/s1. The molecule has 0 unspecified atom stereocenters. The van der Waals surface area contributed by atoms with Gasteiger partial charge in [0.15, 0.2) is 0 Å². The first-order valence-corrected chi connectivity index (χ1v) is 5.16. The predicted octanol–water partition coefficient (Wildman–Crippen LogP) is 1.36. The van der Waals surface area contributed by atoms with Gasteiger partial charge in [-0.1, -0.05) is 6.92 Å². The third kappa shape index (κ3) is 2.20. The Balaban J connectivity index is 1.59. The van der Waals surface area contributed by atoms with E-state index in [1.165, 1.54) is 19.4 Å². The van der Waals surface area contributed by atoms with Gasteiger partial charge in [-0.2, -0.15) is 0 Å². The van der Waals surface area contributed by atoms with Crippen LogP contribution in [0.3, 0.4) is 0 Å². The van der Waals surface area contributed by atoms with Crippen molar-refractivity contribution in [1.82, 2.24) is 4.90 Å². The Morgan fingerprint density at radius 2 is 2.00 bits per heavy atom. The van der Waals surface area contributed by atoms with Crippen LogP contribution >= 0.6 is 0 Å². The van der Waals surface area contributed by atoms with Gasteiger partial charge in [0, 0.05) is 13.1 Å². The van der Waals surface area contributed by atoms with E-state index in [-0.39, 0.29) is 0 Å². The van der Waals surface area contributed by atoms with E-state index in [0.29, 0.717) is 0 Å². The fraction of sp³-hybridized carbons (Fsp3) is 1.00. The van der Waals surface area contributed by atoms with Crippen LogP contribution < -0.4 is 0 Å². The van der Waals surface area contributed by atoms with Gasteiger partial charge in [0.1, 0.15) is 0 Å². The third-order valence-electron chi connectivity index (χ3n) is 3.20. The Morgan fingerprint density at radius 3 is 2.58 bits per heavy atom. The van der Waals surface area contributed by atoms with E-state index in [4.69, 9.17) is 4.74 Å². The molecule has 2 fully saturated rings. The Hall–Kier alpha value is -0.0800. The van der Waals surface area contributed by atoms with Gasteiger partial charge < -0.3 is 4.74 Å². The Labute approximate surface area is 74.9 Å². The molecule has 0 aromatic heterocycles. The maximum Gasteiger partial charge on any atom is 0.0594 e. The highest BCUT2D eigenvalue weighted by Gasteiger charge is 2.32. The molecular weight excluding hydrogens is 150 g/mol. The van der Waals surface area contributed by atoms with E-state index in [1.54, 1.807) is 0 Å².